The van der Waals surface area contributed by atoms with Crippen molar-refractivity contribution in [3.8, 4) is 0 Å². The maximum Gasteiger partial charge on any atom is 0.449 e. The van der Waals surface area contributed by atoms with Gasteiger partial charge in [0.15, 0.2) is 0 Å². The molecule has 7 heteroatoms. The Bertz CT molecular complexity index is 901. The van der Waals surface area contributed by atoms with Crippen LogP contribution in [0.2, 0.25) is 0 Å². The van der Waals surface area contributed by atoms with Gasteiger partial charge in [-0.15, -0.1) is 0 Å². The topological polar surface area (TPSA) is 46.9 Å². The highest BCUT2D eigenvalue weighted by molar-refractivity contribution is 5.93. The van der Waals surface area contributed by atoms with Crippen molar-refractivity contribution in [1.29, 1.82) is 0 Å². The number of alkyl halides is 3. The highest BCUT2D eigenvalue weighted by Crippen LogP contribution is 2.33. The lowest BCUT2D eigenvalue weighted by Gasteiger charge is -2.11. The molecule has 1 N–H and O–H groups in total. The van der Waals surface area contributed by atoms with E-state index in [1.165, 1.54) is 6.07 Å². The van der Waals surface area contributed by atoms with Crippen LogP contribution in [0.15, 0.2) is 48.5 Å². The zero-order valence-corrected chi connectivity index (χ0v) is 13.5. The smallest absolute Gasteiger partial charge is 0.326 e. The molecule has 0 saturated heterocycles. The standard InChI is InChI=1S/C18H16F3N3O/c1-2-16(25)22-13-8-9-15-14(10-13)23-17(18(19,20)21)24(15)11-12-6-4-3-5-7-12/h3-10H,2,11H2,1H3,(H,22,25). The number of carbonyl (C=O) groups is 1. The number of nitrogens with one attached hydrogen (secondary N) is 1. The third-order valence-electron chi connectivity index (χ3n) is 3.79. The molecule has 1 heterocycles. The molecule has 0 saturated carbocycles. The van der Waals surface area contributed by atoms with Gasteiger partial charge in [-0.25, -0.2) is 4.98 Å². The lowest BCUT2D eigenvalue weighted by Crippen LogP contribution is -2.15. The van der Waals surface area contributed by atoms with Crippen LogP contribution in [-0.2, 0) is 17.5 Å². The number of benzene rings is 2. The quantitative estimate of drug-likeness (QED) is 0.758. The number of hydrogen-bond donors (Lipinski definition) is 1. The van der Waals surface area contributed by atoms with Crippen LogP contribution in [0.3, 0.4) is 0 Å². The fourth-order valence-corrected chi connectivity index (χ4v) is 2.60. The van der Waals surface area contributed by atoms with E-state index in [4.69, 9.17) is 0 Å². The Labute approximate surface area is 142 Å². The molecule has 0 aliphatic heterocycles. The molecule has 25 heavy (non-hydrogen) atoms. The average Bonchev–Trinajstić information content (AvgIpc) is 2.94. The second kappa shape index (κ2) is 6.58. The van der Waals surface area contributed by atoms with Gasteiger partial charge in [-0.1, -0.05) is 37.3 Å². The number of carbonyl (C=O) groups excluding carboxylic acids is 1. The van der Waals surface area contributed by atoms with Crippen molar-refractivity contribution in [2.45, 2.75) is 26.1 Å². The van der Waals surface area contributed by atoms with Crippen molar-refractivity contribution in [3.63, 3.8) is 0 Å². The fraction of sp³-hybridized carbons (Fsp3) is 0.222. The fourth-order valence-electron chi connectivity index (χ4n) is 2.60. The van der Waals surface area contributed by atoms with E-state index in [0.29, 0.717) is 11.2 Å². The van der Waals surface area contributed by atoms with E-state index in [2.05, 4.69) is 10.3 Å². The summed E-state index contributed by atoms with van der Waals surface area (Å²) in [6, 6.07) is 13.5. The van der Waals surface area contributed by atoms with Crippen LogP contribution in [-0.4, -0.2) is 15.5 Å². The molecular weight excluding hydrogens is 331 g/mol. The van der Waals surface area contributed by atoms with E-state index >= 15 is 0 Å². The SMILES string of the molecule is CCC(=O)Nc1ccc2c(c1)nc(C(F)(F)F)n2Cc1ccccc1. The van der Waals surface area contributed by atoms with Crippen molar-refractivity contribution < 1.29 is 18.0 Å². The van der Waals surface area contributed by atoms with Gasteiger partial charge < -0.3 is 9.88 Å². The van der Waals surface area contributed by atoms with Crippen LogP contribution < -0.4 is 5.32 Å². The van der Waals surface area contributed by atoms with Gasteiger partial charge in [0.05, 0.1) is 11.0 Å². The molecule has 4 nitrogen and oxygen atoms in total. The summed E-state index contributed by atoms with van der Waals surface area (Å²) in [4.78, 5) is 15.2. The number of imidazole rings is 1. The molecule has 0 aliphatic carbocycles. The van der Waals surface area contributed by atoms with Crippen molar-refractivity contribution in [2.24, 2.45) is 0 Å². The van der Waals surface area contributed by atoms with E-state index in [9.17, 15) is 18.0 Å². The maximum absolute atomic E-state index is 13.4. The summed E-state index contributed by atoms with van der Waals surface area (Å²) in [6.07, 6.45) is -4.28. The van der Waals surface area contributed by atoms with Gasteiger partial charge in [0.1, 0.15) is 0 Å². The van der Waals surface area contributed by atoms with E-state index in [-0.39, 0.29) is 24.4 Å². The highest BCUT2D eigenvalue weighted by Gasteiger charge is 2.37. The Balaban J connectivity index is 2.08. The summed E-state index contributed by atoms with van der Waals surface area (Å²) in [5.74, 6) is -1.16. The first-order chi connectivity index (χ1) is 11.9. The van der Waals surface area contributed by atoms with Crippen molar-refractivity contribution >= 4 is 22.6 Å². The molecule has 130 valence electrons. The van der Waals surface area contributed by atoms with E-state index < -0.39 is 12.0 Å². The lowest BCUT2D eigenvalue weighted by molar-refractivity contribution is -0.146. The maximum atomic E-state index is 13.4. The number of rotatable bonds is 4. The minimum atomic E-state index is -4.57. The first-order valence-corrected chi connectivity index (χ1v) is 7.79. The molecule has 0 fully saturated rings. The number of amides is 1. The van der Waals surface area contributed by atoms with Crippen LogP contribution in [0, 0.1) is 0 Å². The summed E-state index contributed by atoms with van der Waals surface area (Å²) < 4.78 is 41.4. The Morgan fingerprint density at radius 2 is 1.88 bits per heavy atom. The predicted octanol–water partition coefficient (Wildman–Crippen LogP) is 4.45. The third kappa shape index (κ3) is 3.65. The zero-order chi connectivity index (χ0) is 18.0. The van der Waals surface area contributed by atoms with Gasteiger partial charge in [-0.3, -0.25) is 4.79 Å². The molecule has 0 aliphatic rings. The number of hydrogen-bond acceptors (Lipinski definition) is 2. The molecule has 0 spiro atoms. The van der Waals surface area contributed by atoms with E-state index in [0.717, 1.165) is 10.1 Å². The van der Waals surface area contributed by atoms with Crippen LogP contribution in [0.1, 0.15) is 24.7 Å². The Morgan fingerprint density at radius 3 is 2.52 bits per heavy atom. The predicted molar refractivity (Wildman–Crippen MR) is 89.2 cm³/mol. The van der Waals surface area contributed by atoms with Crippen molar-refractivity contribution in [1.82, 2.24) is 9.55 Å². The summed E-state index contributed by atoms with van der Waals surface area (Å²) in [7, 11) is 0. The van der Waals surface area contributed by atoms with E-state index in [1.54, 1.807) is 43.3 Å². The van der Waals surface area contributed by atoms with Crippen molar-refractivity contribution in [3.05, 3.63) is 59.9 Å². The summed E-state index contributed by atoms with van der Waals surface area (Å²) in [5.41, 5.74) is 1.73. The molecule has 0 radical (unpaired) electrons. The number of nitrogens with zero attached hydrogens (tertiary/aromatic N) is 2. The monoisotopic (exact) mass is 347 g/mol. The minimum absolute atomic E-state index is 0.0624. The van der Waals surface area contributed by atoms with Crippen LogP contribution >= 0.6 is 0 Å². The van der Waals surface area contributed by atoms with Crippen LogP contribution in [0.25, 0.3) is 11.0 Å². The second-order valence-corrected chi connectivity index (χ2v) is 5.61. The summed E-state index contributed by atoms with van der Waals surface area (Å²) >= 11 is 0. The van der Waals surface area contributed by atoms with Gasteiger partial charge in [-0.2, -0.15) is 13.2 Å². The minimum Gasteiger partial charge on any atom is -0.326 e. The molecule has 1 amide bonds. The van der Waals surface area contributed by atoms with E-state index in [1.807, 2.05) is 6.07 Å². The first-order valence-electron chi connectivity index (χ1n) is 7.79. The molecule has 0 bridgehead atoms. The second-order valence-electron chi connectivity index (χ2n) is 5.61. The van der Waals surface area contributed by atoms with Crippen LogP contribution in [0.4, 0.5) is 18.9 Å². The normalized spacial score (nSPS) is 11.7. The largest absolute Gasteiger partial charge is 0.449 e. The van der Waals surface area contributed by atoms with Gasteiger partial charge in [0.2, 0.25) is 11.7 Å². The average molecular weight is 347 g/mol. The molecule has 3 aromatic rings. The van der Waals surface area contributed by atoms with Gasteiger partial charge in [0, 0.05) is 18.7 Å². The molecule has 3 rings (SSSR count). The molecule has 0 atom stereocenters. The Kier molecular flexibility index (Phi) is 4.48. The molecular formula is C18H16F3N3O. The number of anilines is 1. The van der Waals surface area contributed by atoms with Crippen LogP contribution in [0.5, 0.6) is 0 Å². The Morgan fingerprint density at radius 1 is 1.16 bits per heavy atom. The zero-order valence-electron chi connectivity index (χ0n) is 13.5. The molecule has 0 unspecified atom stereocenters. The number of aromatic nitrogens is 2. The van der Waals surface area contributed by atoms with Crippen molar-refractivity contribution in [2.75, 3.05) is 5.32 Å². The third-order valence-corrected chi connectivity index (χ3v) is 3.79. The van der Waals surface area contributed by atoms with Gasteiger partial charge in [0.25, 0.3) is 0 Å². The Hall–Kier alpha value is -2.83. The number of fused-ring (bicyclic) bond motifs is 1. The molecule has 1 aromatic heterocycles. The summed E-state index contributed by atoms with van der Waals surface area (Å²) in [5, 5.41) is 2.63. The van der Waals surface area contributed by atoms with Gasteiger partial charge in [-0.05, 0) is 23.8 Å². The lowest BCUT2D eigenvalue weighted by atomic mass is 10.2. The van der Waals surface area contributed by atoms with Gasteiger partial charge >= 0.3 is 6.18 Å². The number of halogens is 3. The molecule has 2 aromatic carbocycles. The first kappa shape index (κ1) is 17.0. The highest BCUT2D eigenvalue weighted by atomic mass is 19.4. The summed E-state index contributed by atoms with van der Waals surface area (Å²) in [6.45, 7) is 1.76.